The zero-order valence-electron chi connectivity index (χ0n) is 13.4. The number of aromatic nitrogens is 1. The molecule has 0 aliphatic heterocycles. The van der Waals surface area contributed by atoms with E-state index < -0.39 is 6.04 Å². The van der Waals surface area contributed by atoms with Crippen LogP contribution in [0.25, 0.3) is 0 Å². The Balaban J connectivity index is 1.82. The minimum atomic E-state index is -0.587. The maximum atomic E-state index is 12.1. The number of aryl methyl sites for hydroxylation is 1. The molecule has 0 aliphatic rings. The summed E-state index contributed by atoms with van der Waals surface area (Å²) in [5, 5.41) is 6.93. The normalized spacial score (nSPS) is 11.8. The molecule has 0 spiro atoms. The topological polar surface area (TPSA) is 96.3 Å². The highest BCUT2D eigenvalue weighted by molar-refractivity contribution is 6.30. The van der Waals surface area contributed by atoms with Crippen LogP contribution in [0.3, 0.4) is 0 Å². The van der Waals surface area contributed by atoms with Gasteiger partial charge in [0.25, 0.3) is 0 Å². The van der Waals surface area contributed by atoms with Gasteiger partial charge in [-0.2, -0.15) is 0 Å². The lowest BCUT2D eigenvalue weighted by Crippen LogP contribution is -2.50. The van der Waals surface area contributed by atoms with E-state index in [0.29, 0.717) is 23.0 Å². The molecule has 1 heterocycles. The molecule has 128 valence electrons. The van der Waals surface area contributed by atoms with Gasteiger partial charge in [0, 0.05) is 11.1 Å². The number of anilines is 1. The molecule has 0 bridgehead atoms. The molecular formula is C16H19ClN4O3. The van der Waals surface area contributed by atoms with Crippen molar-refractivity contribution in [3.05, 3.63) is 46.7 Å². The van der Waals surface area contributed by atoms with Gasteiger partial charge >= 0.3 is 0 Å². The molecule has 8 heteroatoms. The monoisotopic (exact) mass is 350 g/mol. The molecular weight excluding hydrogens is 332 g/mol. The maximum Gasteiger partial charge on any atom is 0.244 e. The molecule has 0 fully saturated rings. The molecule has 2 aromatic rings. The first-order chi connectivity index (χ1) is 11.5. The number of nitrogens with zero attached hydrogens (tertiary/aromatic N) is 1. The van der Waals surface area contributed by atoms with Gasteiger partial charge in [0.05, 0.1) is 6.42 Å². The summed E-state index contributed by atoms with van der Waals surface area (Å²) in [4.78, 5) is 24.1. The van der Waals surface area contributed by atoms with E-state index in [9.17, 15) is 9.59 Å². The van der Waals surface area contributed by atoms with Crippen molar-refractivity contribution in [2.45, 2.75) is 32.7 Å². The van der Waals surface area contributed by atoms with Crippen molar-refractivity contribution in [3.63, 3.8) is 0 Å². The SMILES string of the molecule is CCC(NNC(=O)Cc1ccc(Cl)cc1)C(=O)Nc1cc(C)on1. The fourth-order valence-corrected chi connectivity index (χ4v) is 2.12. The van der Waals surface area contributed by atoms with Crippen molar-refractivity contribution in [1.29, 1.82) is 0 Å². The predicted octanol–water partition coefficient (Wildman–Crippen LogP) is 2.22. The highest BCUT2D eigenvalue weighted by Crippen LogP contribution is 2.10. The van der Waals surface area contributed by atoms with Gasteiger partial charge in [0.15, 0.2) is 5.82 Å². The van der Waals surface area contributed by atoms with Crippen LogP contribution in [0.5, 0.6) is 0 Å². The van der Waals surface area contributed by atoms with Crippen LogP contribution < -0.4 is 16.2 Å². The molecule has 2 amide bonds. The van der Waals surface area contributed by atoms with Gasteiger partial charge < -0.3 is 9.84 Å². The van der Waals surface area contributed by atoms with Crippen LogP contribution in [0.1, 0.15) is 24.7 Å². The van der Waals surface area contributed by atoms with Gasteiger partial charge in [-0.15, -0.1) is 0 Å². The first-order valence-electron chi connectivity index (χ1n) is 7.51. The van der Waals surface area contributed by atoms with E-state index in [-0.39, 0.29) is 18.2 Å². The molecule has 0 saturated heterocycles. The summed E-state index contributed by atoms with van der Waals surface area (Å²) in [5.74, 6) is 0.381. The number of carbonyl (C=O) groups excluding carboxylic acids is 2. The summed E-state index contributed by atoms with van der Waals surface area (Å²) >= 11 is 5.80. The summed E-state index contributed by atoms with van der Waals surface area (Å²) < 4.78 is 4.89. The number of amides is 2. The second-order valence-corrected chi connectivity index (χ2v) is 5.71. The zero-order chi connectivity index (χ0) is 17.5. The van der Waals surface area contributed by atoms with E-state index in [1.165, 1.54) is 0 Å². The molecule has 0 radical (unpaired) electrons. The average molecular weight is 351 g/mol. The second-order valence-electron chi connectivity index (χ2n) is 5.27. The Hall–Kier alpha value is -2.38. The second kappa shape index (κ2) is 8.47. The Morgan fingerprint density at radius 3 is 2.58 bits per heavy atom. The molecule has 2 rings (SSSR count). The molecule has 3 N–H and O–H groups in total. The minimum absolute atomic E-state index is 0.185. The minimum Gasteiger partial charge on any atom is -0.360 e. The summed E-state index contributed by atoms with van der Waals surface area (Å²) in [6.45, 7) is 3.56. The number of hydrazine groups is 1. The number of carbonyl (C=O) groups is 2. The third-order valence-corrected chi connectivity index (χ3v) is 3.52. The lowest BCUT2D eigenvalue weighted by atomic mass is 10.1. The van der Waals surface area contributed by atoms with Crippen molar-refractivity contribution in [3.8, 4) is 0 Å². The van der Waals surface area contributed by atoms with E-state index in [1.54, 1.807) is 37.3 Å². The van der Waals surface area contributed by atoms with Crippen LogP contribution in [0.2, 0.25) is 5.02 Å². The zero-order valence-corrected chi connectivity index (χ0v) is 14.2. The fraction of sp³-hybridized carbons (Fsp3) is 0.312. The van der Waals surface area contributed by atoms with Crippen molar-refractivity contribution in [2.75, 3.05) is 5.32 Å². The Morgan fingerprint density at radius 2 is 2.00 bits per heavy atom. The Kier molecular flexibility index (Phi) is 6.34. The van der Waals surface area contributed by atoms with Crippen LogP contribution in [0.4, 0.5) is 5.82 Å². The quantitative estimate of drug-likeness (QED) is 0.665. The maximum absolute atomic E-state index is 12.1. The Bertz CT molecular complexity index is 700. The molecule has 1 atom stereocenters. The molecule has 1 unspecified atom stereocenters. The van der Waals surface area contributed by atoms with Gasteiger partial charge in [-0.1, -0.05) is 35.8 Å². The number of hydrogen-bond acceptors (Lipinski definition) is 5. The van der Waals surface area contributed by atoms with E-state index in [0.717, 1.165) is 5.56 Å². The first kappa shape index (κ1) is 18.0. The highest BCUT2D eigenvalue weighted by Gasteiger charge is 2.18. The molecule has 24 heavy (non-hydrogen) atoms. The van der Waals surface area contributed by atoms with E-state index in [4.69, 9.17) is 16.1 Å². The number of benzene rings is 1. The van der Waals surface area contributed by atoms with Gasteiger partial charge in [0.1, 0.15) is 11.8 Å². The standard InChI is InChI=1S/C16H19ClN4O3/c1-3-13(16(23)18-14-8-10(2)24-21-14)19-20-15(22)9-11-4-6-12(17)7-5-11/h4-8,13,19H,3,9H2,1-2H3,(H,20,22)(H,18,21,23). The van der Waals surface area contributed by atoms with Crippen LogP contribution in [-0.2, 0) is 16.0 Å². The van der Waals surface area contributed by atoms with Gasteiger partial charge in [-0.3, -0.25) is 15.0 Å². The molecule has 0 saturated carbocycles. The summed E-state index contributed by atoms with van der Waals surface area (Å²) in [6.07, 6.45) is 0.675. The van der Waals surface area contributed by atoms with Crippen LogP contribution in [0, 0.1) is 6.92 Å². The van der Waals surface area contributed by atoms with Gasteiger partial charge in [-0.05, 0) is 31.0 Å². The summed E-state index contributed by atoms with van der Waals surface area (Å²) in [5.41, 5.74) is 6.10. The van der Waals surface area contributed by atoms with Gasteiger partial charge in [0.2, 0.25) is 11.8 Å². The highest BCUT2D eigenvalue weighted by atomic mass is 35.5. The van der Waals surface area contributed by atoms with Crippen molar-refractivity contribution < 1.29 is 14.1 Å². The average Bonchev–Trinajstić information content (AvgIpc) is 2.95. The van der Waals surface area contributed by atoms with E-state index >= 15 is 0 Å². The van der Waals surface area contributed by atoms with Gasteiger partial charge in [-0.25, -0.2) is 5.43 Å². The number of nitrogens with one attached hydrogen (secondary N) is 3. The smallest absolute Gasteiger partial charge is 0.244 e. The van der Waals surface area contributed by atoms with Crippen molar-refractivity contribution >= 4 is 29.2 Å². The van der Waals surface area contributed by atoms with E-state index in [1.807, 2.05) is 6.92 Å². The summed E-state index contributed by atoms with van der Waals surface area (Å²) in [7, 11) is 0. The van der Waals surface area contributed by atoms with Crippen LogP contribution in [-0.4, -0.2) is 23.0 Å². The molecule has 0 aliphatic carbocycles. The molecule has 1 aromatic carbocycles. The van der Waals surface area contributed by atoms with E-state index in [2.05, 4.69) is 21.3 Å². The summed E-state index contributed by atoms with van der Waals surface area (Å²) in [6, 6.07) is 8.03. The van der Waals surface area contributed by atoms with Crippen LogP contribution in [0.15, 0.2) is 34.9 Å². The largest absolute Gasteiger partial charge is 0.360 e. The number of rotatable bonds is 7. The predicted molar refractivity (Wildman–Crippen MR) is 90.4 cm³/mol. The lowest BCUT2D eigenvalue weighted by Gasteiger charge is -2.16. The molecule has 1 aromatic heterocycles. The van der Waals surface area contributed by atoms with Crippen molar-refractivity contribution in [2.24, 2.45) is 0 Å². The lowest BCUT2D eigenvalue weighted by molar-refractivity contribution is -0.122. The third-order valence-electron chi connectivity index (χ3n) is 3.27. The molecule has 7 nitrogen and oxygen atoms in total. The number of halogens is 1. The first-order valence-corrected chi connectivity index (χ1v) is 7.88. The Morgan fingerprint density at radius 1 is 1.29 bits per heavy atom. The third kappa shape index (κ3) is 5.36. The number of hydrogen-bond donors (Lipinski definition) is 3. The van der Waals surface area contributed by atoms with Crippen LogP contribution >= 0.6 is 11.6 Å². The Labute approximate surface area is 144 Å². The fourth-order valence-electron chi connectivity index (χ4n) is 1.99. The van der Waals surface area contributed by atoms with Crippen molar-refractivity contribution in [1.82, 2.24) is 16.0 Å².